The number of rotatable bonds is 2. The monoisotopic (exact) mass is 196 g/mol. The minimum atomic E-state index is -4.04. The van der Waals surface area contributed by atoms with Gasteiger partial charge in [-0.1, -0.05) is 12.8 Å². The third-order valence-electron chi connectivity index (χ3n) is 2.67. The zero-order valence-electron chi connectivity index (χ0n) is 7.48. The van der Waals surface area contributed by atoms with Crippen LogP contribution in [0.3, 0.4) is 0 Å². The predicted octanol–water partition coefficient (Wildman–Crippen LogP) is 2.74. The average molecular weight is 196 g/mol. The van der Waals surface area contributed by atoms with Gasteiger partial charge in [-0.15, -0.1) is 0 Å². The summed E-state index contributed by atoms with van der Waals surface area (Å²) >= 11 is 0. The summed E-state index contributed by atoms with van der Waals surface area (Å²) in [7, 11) is 0. The second-order valence-electron chi connectivity index (χ2n) is 3.90. The lowest BCUT2D eigenvalue weighted by Gasteiger charge is -2.28. The summed E-state index contributed by atoms with van der Waals surface area (Å²) in [6, 6.07) is 0. The van der Waals surface area contributed by atoms with Crippen molar-refractivity contribution in [1.82, 2.24) is 0 Å². The van der Waals surface area contributed by atoms with Crippen molar-refractivity contribution in [2.45, 2.75) is 38.3 Å². The number of aliphatic hydroxyl groups is 1. The van der Waals surface area contributed by atoms with E-state index < -0.39 is 12.6 Å². The van der Waals surface area contributed by atoms with Crippen molar-refractivity contribution in [3.63, 3.8) is 0 Å². The van der Waals surface area contributed by atoms with Crippen LogP contribution >= 0.6 is 0 Å². The van der Waals surface area contributed by atoms with Gasteiger partial charge in [0.1, 0.15) is 0 Å². The maximum absolute atomic E-state index is 12.0. The first-order chi connectivity index (χ1) is 6.01. The summed E-state index contributed by atoms with van der Waals surface area (Å²) in [6.07, 6.45) is -1.81. The number of hydrogen-bond acceptors (Lipinski definition) is 1. The normalized spacial score (nSPS) is 30.5. The molecule has 0 spiro atoms. The van der Waals surface area contributed by atoms with Crippen molar-refractivity contribution in [2.24, 2.45) is 11.8 Å². The number of hydrogen-bond donors (Lipinski definition) is 1. The number of halogens is 3. The van der Waals surface area contributed by atoms with Crippen LogP contribution in [-0.2, 0) is 0 Å². The quantitative estimate of drug-likeness (QED) is 0.720. The Labute approximate surface area is 75.9 Å². The number of aliphatic hydroxyl groups excluding tert-OH is 1. The zero-order valence-corrected chi connectivity index (χ0v) is 7.48. The van der Waals surface area contributed by atoms with Gasteiger partial charge in [-0.2, -0.15) is 13.2 Å². The van der Waals surface area contributed by atoms with Gasteiger partial charge >= 0.3 is 6.18 Å². The molecule has 1 nitrogen and oxygen atoms in total. The lowest BCUT2D eigenvalue weighted by Crippen LogP contribution is -2.23. The third kappa shape index (κ3) is 3.98. The fraction of sp³-hybridized carbons (Fsp3) is 1.00. The van der Waals surface area contributed by atoms with E-state index in [2.05, 4.69) is 0 Å². The smallest absolute Gasteiger partial charge is 0.389 e. The molecule has 2 unspecified atom stereocenters. The standard InChI is InChI=1S/C9H15F3O/c10-9(11,12)5-7-2-1-3-8(4-7)6-13/h7-8,13H,1-6H2. The highest BCUT2D eigenvalue weighted by Crippen LogP contribution is 2.36. The van der Waals surface area contributed by atoms with Crippen LogP contribution < -0.4 is 0 Å². The van der Waals surface area contributed by atoms with E-state index in [0.29, 0.717) is 12.8 Å². The third-order valence-corrected chi connectivity index (χ3v) is 2.67. The lowest BCUT2D eigenvalue weighted by atomic mass is 9.80. The van der Waals surface area contributed by atoms with Crippen molar-refractivity contribution in [3.05, 3.63) is 0 Å². The maximum atomic E-state index is 12.0. The first kappa shape index (κ1) is 10.8. The molecule has 4 heteroatoms. The molecule has 0 heterocycles. The first-order valence-electron chi connectivity index (χ1n) is 4.69. The Morgan fingerprint density at radius 3 is 2.31 bits per heavy atom. The van der Waals surface area contributed by atoms with E-state index in [-0.39, 0.29) is 18.4 Å². The number of alkyl halides is 3. The highest BCUT2D eigenvalue weighted by atomic mass is 19.4. The molecule has 1 fully saturated rings. The van der Waals surface area contributed by atoms with E-state index in [4.69, 9.17) is 5.11 Å². The van der Waals surface area contributed by atoms with E-state index >= 15 is 0 Å². The average Bonchev–Trinajstić information content (AvgIpc) is 2.01. The molecule has 1 saturated carbocycles. The van der Waals surface area contributed by atoms with Crippen molar-refractivity contribution < 1.29 is 18.3 Å². The van der Waals surface area contributed by atoms with Gasteiger partial charge in [0.25, 0.3) is 0 Å². The molecule has 0 aromatic heterocycles. The molecule has 2 atom stereocenters. The van der Waals surface area contributed by atoms with Crippen LogP contribution in [0.2, 0.25) is 0 Å². The van der Waals surface area contributed by atoms with Gasteiger partial charge in [-0.05, 0) is 24.7 Å². The lowest BCUT2D eigenvalue weighted by molar-refractivity contribution is -0.148. The van der Waals surface area contributed by atoms with Gasteiger partial charge in [-0.25, -0.2) is 0 Å². The molecule has 1 aliphatic carbocycles. The zero-order chi connectivity index (χ0) is 9.90. The van der Waals surface area contributed by atoms with E-state index in [1.807, 2.05) is 0 Å². The summed E-state index contributed by atoms with van der Waals surface area (Å²) in [4.78, 5) is 0. The molecular weight excluding hydrogens is 181 g/mol. The van der Waals surface area contributed by atoms with Crippen LogP contribution in [0.1, 0.15) is 32.1 Å². The van der Waals surface area contributed by atoms with Crippen molar-refractivity contribution >= 4 is 0 Å². The molecule has 0 radical (unpaired) electrons. The summed E-state index contributed by atoms with van der Waals surface area (Å²) in [6.45, 7) is 0.0361. The Balaban J connectivity index is 2.34. The van der Waals surface area contributed by atoms with Crippen LogP contribution in [0, 0.1) is 11.8 Å². The SMILES string of the molecule is OCC1CCCC(CC(F)(F)F)C1. The fourth-order valence-electron chi connectivity index (χ4n) is 2.08. The molecule has 0 saturated heterocycles. The van der Waals surface area contributed by atoms with Gasteiger partial charge in [0, 0.05) is 13.0 Å². The molecule has 0 amide bonds. The molecule has 0 aromatic carbocycles. The van der Waals surface area contributed by atoms with Crippen LogP contribution in [0.15, 0.2) is 0 Å². The molecule has 0 aromatic rings. The van der Waals surface area contributed by atoms with Crippen LogP contribution in [0.25, 0.3) is 0 Å². The second-order valence-corrected chi connectivity index (χ2v) is 3.90. The molecule has 0 aliphatic heterocycles. The summed E-state index contributed by atoms with van der Waals surface area (Å²) < 4.78 is 36.0. The van der Waals surface area contributed by atoms with Gasteiger partial charge in [-0.3, -0.25) is 0 Å². The topological polar surface area (TPSA) is 20.2 Å². The van der Waals surface area contributed by atoms with Crippen LogP contribution in [-0.4, -0.2) is 17.9 Å². The molecule has 78 valence electrons. The molecule has 1 aliphatic rings. The van der Waals surface area contributed by atoms with Crippen molar-refractivity contribution in [2.75, 3.05) is 6.61 Å². The van der Waals surface area contributed by atoms with Gasteiger partial charge < -0.3 is 5.11 Å². The van der Waals surface area contributed by atoms with Crippen molar-refractivity contribution in [1.29, 1.82) is 0 Å². The van der Waals surface area contributed by atoms with Gasteiger partial charge in [0.2, 0.25) is 0 Å². The summed E-state index contributed by atoms with van der Waals surface area (Å²) in [5.74, 6) is -0.160. The fourth-order valence-corrected chi connectivity index (χ4v) is 2.08. The molecule has 1 N–H and O–H groups in total. The minimum absolute atomic E-state index is 0.0361. The Bertz CT molecular complexity index is 155. The summed E-state index contributed by atoms with van der Waals surface area (Å²) in [5.41, 5.74) is 0. The van der Waals surface area contributed by atoms with Crippen molar-refractivity contribution in [3.8, 4) is 0 Å². The van der Waals surface area contributed by atoms with E-state index in [9.17, 15) is 13.2 Å². The molecule has 0 bridgehead atoms. The first-order valence-corrected chi connectivity index (χ1v) is 4.69. The van der Waals surface area contributed by atoms with E-state index in [1.165, 1.54) is 0 Å². The Kier molecular flexibility index (Phi) is 3.59. The Morgan fingerprint density at radius 2 is 1.77 bits per heavy atom. The largest absolute Gasteiger partial charge is 0.396 e. The van der Waals surface area contributed by atoms with E-state index in [0.717, 1.165) is 12.8 Å². The molecule has 1 rings (SSSR count). The van der Waals surface area contributed by atoms with Gasteiger partial charge in [0.05, 0.1) is 0 Å². The minimum Gasteiger partial charge on any atom is -0.396 e. The highest BCUT2D eigenvalue weighted by Gasteiger charge is 2.34. The predicted molar refractivity (Wildman–Crippen MR) is 43.2 cm³/mol. The molecule has 13 heavy (non-hydrogen) atoms. The molecular formula is C9H15F3O. The maximum Gasteiger partial charge on any atom is 0.389 e. The highest BCUT2D eigenvalue weighted by molar-refractivity contribution is 4.74. The van der Waals surface area contributed by atoms with E-state index in [1.54, 1.807) is 0 Å². The van der Waals surface area contributed by atoms with Gasteiger partial charge in [0.15, 0.2) is 0 Å². The van der Waals surface area contributed by atoms with Crippen LogP contribution in [0.4, 0.5) is 13.2 Å². The summed E-state index contributed by atoms with van der Waals surface area (Å²) in [5, 5.41) is 8.83. The van der Waals surface area contributed by atoms with Crippen LogP contribution in [0.5, 0.6) is 0 Å². The Hall–Kier alpha value is -0.250. The Morgan fingerprint density at radius 1 is 1.15 bits per heavy atom. The second kappa shape index (κ2) is 4.31.